The van der Waals surface area contributed by atoms with Crippen LogP contribution in [0.15, 0.2) is 42.7 Å². The summed E-state index contributed by atoms with van der Waals surface area (Å²) >= 11 is 0. The van der Waals surface area contributed by atoms with Gasteiger partial charge in [-0.15, -0.1) is 0 Å². The second-order valence-corrected chi connectivity index (χ2v) is 9.59. The second kappa shape index (κ2) is 7.72. The third kappa shape index (κ3) is 4.25. The molecule has 1 aromatic carbocycles. The number of hydrogen-bond acceptors (Lipinski definition) is 5. The molecule has 0 spiro atoms. The van der Waals surface area contributed by atoms with Crippen LogP contribution in [0.4, 0.5) is 10.1 Å². The Hall–Kier alpha value is -2.52. The number of rotatable bonds is 5. The summed E-state index contributed by atoms with van der Waals surface area (Å²) in [6.07, 6.45) is 3.17. The number of fused-ring (bicyclic) bond motifs is 1. The smallest absolute Gasteiger partial charge is 0.239 e. The monoisotopic (exact) mass is 421 g/mol. The van der Waals surface area contributed by atoms with Crippen LogP contribution < -0.4 is 9.75 Å². The molecule has 0 bridgehead atoms. The number of anilines is 1. The number of hydrogen-bond donors (Lipinski definition) is 0. The SMILES string of the molecule is CCS(=O)(=O)N(C1CC(C)(C)Oc2ccc(F)cc21)N(C(C)=O)c1cccnc1. The van der Waals surface area contributed by atoms with Gasteiger partial charge in [0, 0.05) is 25.1 Å². The van der Waals surface area contributed by atoms with Crippen molar-refractivity contribution >= 4 is 21.6 Å². The number of ether oxygens (including phenoxy) is 1. The maximum absolute atomic E-state index is 14.1. The molecule has 1 aliphatic rings. The summed E-state index contributed by atoms with van der Waals surface area (Å²) in [6.45, 7) is 6.43. The lowest BCUT2D eigenvalue weighted by Gasteiger charge is -2.44. The van der Waals surface area contributed by atoms with Crippen molar-refractivity contribution in [3.63, 3.8) is 0 Å². The molecule has 0 N–H and O–H groups in total. The summed E-state index contributed by atoms with van der Waals surface area (Å²) in [6, 6.07) is 6.39. The van der Waals surface area contributed by atoms with Crippen LogP contribution >= 0.6 is 0 Å². The minimum absolute atomic E-state index is 0.229. The molecule has 1 atom stereocenters. The molecule has 9 heteroatoms. The van der Waals surface area contributed by atoms with Crippen molar-refractivity contribution in [1.82, 2.24) is 9.40 Å². The minimum atomic E-state index is -3.93. The molecule has 2 aromatic rings. The van der Waals surface area contributed by atoms with E-state index >= 15 is 0 Å². The van der Waals surface area contributed by atoms with Gasteiger partial charge in [0.05, 0.1) is 23.7 Å². The van der Waals surface area contributed by atoms with Crippen LogP contribution in [0.1, 0.15) is 45.7 Å². The average molecular weight is 421 g/mol. The second-order valence-electron chi connectivity index (χ2n) is 7.48. The predicted octanol–water partition coefficient (Wildman–Crippen LogP) is 3.44. The van der Waals surface area contributed by atoms with Crippen molar-refractivity contribution in [2.75, 3.05) is 10.8 Å². The van der Waals surface area contributed by atoms with Crippen LogP contribution in [0.25, 0.3) is 0 Å². The Morgan fingerprint density at radius 3 is 2.66 bits per heavy atom. The predicted molar refractivity (Wildman–Crippen MR) is 107 cm³/mol. The molecule has 1 unspecified atom stereocenters. The molecular formula is C20H24FN3O4S. The molecule has 0 saturated heterocycles. The number of carbonyl (C=O) groups excluding carboxylic acids is 1. The van der Waals surface area contributed by atoms with E-state index in [-0.39, 0.29) is 12.2 Å². The average Bonchev–Trinajstić information content (AvgIpc) is 2.65. The lowest BCUT2D eigenvalue weighted by molar-refractivity contribution is -0.119. The minimum Gasteiger partial charge on any atom is -0.487 e. The van der Waals surface area contributed by atoms with Crippen molar-refractivity contribution in [1.29, 1.82) is 0 Å². The zero-order valence-electron chi connectivity index (χ0n) is 16.8. The highest BCUT2D eigenvalue weighted by molar-refractivity contribution is 7.89. The fourth-order valence-corrected chi connectivity index (χ4v) is 4.79. The Morgan fingerprint density at radius 2 is 2.07 bits per heavy atom. The lowest BCUT2D eigenvalue weighted by atomic mass is 9.90. The first-order chi connectivity index (χ1) is 13.6. The zero-order valence-corrected chi connectivity index (χ0v) is 17.6. The Kier molecular flexibility index (Phi) is 5.64. The molecule has 7 nitrogen and oxygen atoms in total. The van der Waals surface area contributed by atoms with E-state index in [0.29, 0.717) is 17.0 Å². The van der Waals surface area contributed by atoms with E-state index in [1.165, 1.54) is 44.4 Å². The third-order valence-electron chi connectivity index (χ3n) is 4.70. The van der Waals surface area contributed by atoms with Gasteiger partial charge in [-0.05, 0) is 51.1 Å². The summed E-state index contributed by atoms with van der Waals surface area (Å²) in [5.41, 5.74) is -0.0511. The Balaban J connectivity index is 2.25. The van der Waals surface area contributed by atoms with Crippen LogP contribution in [-0.4, -0.2) is 35.1 Å². The number of sulfonamides is 1. The number of nitrogens with zero attached hydrogens (tertiary/aromatic N) is 3. The molecule has 0 fully saturated rings. The number of aromatic nitrogens is 1. The van der Waals surface area contributed by atoms with Gasteiger partial charge in [0.25, 0.3) is 0 Å². The van der Waals surface area contributed by atoms with E-state index in [9.17, 15) is 17.6 Å². The zero-order chi connectivity index (χ0) is 21.4. The Morgan fingerprint density at radius 1 is 1.34 bits per heavy atom. The summed E-state index contributed by atoms with van der Waals surface area (Å²) in [5.74, 6) is -0.864. The van der Waals surface area contributed by atoms with E-state index in [1.807, 2.05) is 13.8 Å². The standard InChI is InChI=1S/C20H24FN3O4S/c1-5-29(26,27)24(23(14(2)25)16-7-6-10-22-13-16)18-12-20(3,4)28-19-9-8-15(21)11-17(18)19/h6-11,13,18H,5,12H2,1-4H3. The molecule has 1 aliphatic heterocycles. The largest absolute Gasteiger partial charge is 0.487 e. The van der Waals surface area contributed by atoms with Crippen molar-refractivity contribution < 1.29 is 22.3 Å². The van der Waals surface area contributed by atoms with Gasteiger partial charge in [0.1, 0.15) is 17.2 Å². The number of amides is 1. The molecule has 1 aromatic heterocycles. The Bertz CT molecular complexity index is 1010. The number of carbonyl (C=O) groups is 1. The number of pyridine rings is 1. The normalized spacial score (nSPS) is 18.1. The van der Waals surface area contributed by atoms with Gasteiger partial charge in [0.2, 0.25) is 15.9 Å². The molecule has 156 valence electrons. The fourth-order valence-electron chi connectivity index (χ4n) is 3.49. The number of hydrazine groups is 1. The molecule has 1 amide bonds. The molecule has 0 radical (unpaired) electrons. The fraction of sp³-hybridized carbons (Fsp3) is 0.400. The topological polar surface area (TPSA) is 79.8 Å². The highest BCUT2D eigenvalue weighted by Crippen LogP contribution is 2.45. The highest BCUT2D eigenvalue weighted by atomic mass is 32.2. The molecule has 3 rings (SSSR count). The van der Waals surface area contributed by atoms with E-state index in [1.54, 1.807) is 12.1 Å². The van der Waals surface area contributed by atoms with Crippen LogP contribution in [0, 0.1) is 5.82 Å². The lowest BCUT2D eigenvalue weighted by Crippen LogP contribution is -2.54. The Labute approximate surface area is 170 Å². The van der Waals surface area contributed by atoms with Crippen LogP contribution in [-0.2, 0) is 14.8 Å². The first kappa shape index (κ1) is 21.2. The van der Waals surface area contributed by atoms with Crippen molar-refractivity contribution in [2.45, 2.75) is 45.8 Å². The maximum Gasteiger partial charge on any atom is 0.239 e. The van der Waals surface area contributed by atoms with Gasteiger partial charge in [-0.2, -0.15) is 0 Å². The number of benzene rings is 1. The molecule has 2 heterocycles. The van der Waals surface area contributed by atoms with Gasteiger partial charge >= 0.3 is 0 Å². The van der Waals surface area contributed by atoms with Gasteiger partial charge in [-0.1, -0.05) is 4.41 Å². The number of halogens is 1. The summed E-state index contributed by atoms with van der Waals surface area (Å²) < 4.78 is 47.5. The maximum atomic E-state index is 14.1. The van der Waals surface area contributed by atoms with Crippen LogP contribution in [0.3, 0.4) is 0 Å². The third-order valence-corrected chi connectivity index (χ3v) is 6.42. The first-order valence-electron chi connectivity index (χ1n) is 9.27. The summed E-state index contributed by atoms with van der Waals surface area (Å²) in [7, 11) is -3.93. The molecule has 0 saturated carbocycles. The van der Waals surface area contributed by atoms with Gasteiger partial charge in [-0.25, -0.2) is 17.8 Å². The van der Waals surface area contributed by atoms with Gasteiger partial charge in [-0.3, -0.25) is 9.78 Å². The van der Waals surface area contributed by atoms with E-state index < -0.39 is 33.4 Å². The molecular weight excluding hydrogens is 397 g/mol. The quantitative estimate of drug-likeness (QED) is 0.691. The summed E-state index contributed by atoms with van der Waals surface area (Å²) in [5, 5.41) is 1.09. The van der Waals surface area contributed by atoms with Gasteiger partial charge in [0.15, 0.2) is 0 Å². The molecule has 0 aliphatic carbocycles. The van der Waals surface area contributed by atoms with Crippen LogP contribution in [0.5, 0.6) is 5.75 Å². The highest BCUT2D eigenvalue weighted by Gasteiger charge is 2.44. The van der Waals surface area contributed by atoms with Crippen molar-refractivity contribution in [2.24, 2.45) is 0 Å². The van der Waals surface area contributed by atoms with Crippen molar-refractivity contribution in [3.05, 3.63) is 54.1 Å². The van der Waals surface area contributed by atoms with Crippen molar-refractivity contribution in [3.8, 4) is 5.75 Å². The van der Waals surface area contributed by atoms with E-state index in [0.717, 1.165) is 9.42 Å². The first-order valence-corrected chi connectivity index (χ1v) is 10.9. The van der Waals surface area contributed by atoms with Gasteiger partial charge < -0.3 is 4.74 Å². The van der Waals surface area contributed by atoms with Crippen LogP contribution in [0.2, 0.25) is 0 Å². The van der Waals surface area contributed by atoms with E-state index in [4.69, 9.17) is 4.74 Å². The van der Waals surface area contributed by atoms with E-state index in [2.05, 4.69) is 4.98 Å². The summed E-state index contributed by atoms with van der Waals surface area (Å²) in [4.78, 5) is 16.6. The molecule has 29 heavy (non-hydrogen) atoms.